The van der Waals surface area contributed by atoms with Gasteiger partial charge in [0.15, 0.2) is 0 Å². The molecule has 0 radical (unpaired) electrons. The number of sulfonamides is 1. The van der Waals surface area contributed by atoms with Crippen LogP contribution in [0.5, 0.6) is 0 Å². The number of thiophene rings is 1. The summed E-state index contributed by atoms with van der Waals surface area (Å²) in [6.45, 7) is 3.49. The Morgan fingerprint density at radius 3 is 2.52 bits per heavy atom. The number of hydrogen-bond donors (Lipinski definition) is 1. The summed E-state index contributed by atoms with van der Waals surface area (Å²) >= 11 is 4.89. The molecule has 1 saturated heterocycles. The minimum absolute atomic E-state index is 0.258. The molecule has 1 aliphatic heterocycles. The smallest absolute Gasteiger partial charge is 0.264 e. The van der Waals surface area contributed by atoms with Gasteiger partial charge < -0.3 is 9.80 Å². The number of fused-ring (bicyclic) bond motifs is 1. The fourth-order valence-corrected chi connectivity index (χ4v) is 7.10. The number of aromatic nitrogens is 1. The van der Waals surface area contributed by atoms with Crippen molar-refractivity contribution in [1.29, 1.82) is 0 Å². The maximum Gasteiger partial charge on any atom is 0.264 e. The molecule has 2 aromatic heterocycles. The summed E-state index contributed by atoms with van der Waals surface area (Å²) in [6, 6.07) is 10.8. The molecule has 142 valence electrons. The lowest BCUT2D eigenvalue weighted by atomic mass is 10.2. The topological polar surface area (TPSA) is 65.5 Å². The van der Waals surface area contributed by atoms with Crippen LogP contribution in [0.4, 0.5) is 11.5 Å². The first-order chi connectivity index (χ1) is 13.0. The van der Waals surface area contributed by atoms with E-state index in [9.17, 15) is 8.42 Å². The fraction of sp³-hybridized carbons (Fsp3) is 0.278. The monoisotopic (exact) mass is 466 g/mol. The first-order valence-corrected chi connectivity index (χ1v) is 11.6. The van der Waals surface area contributed by atoms with Crippen LogP contribution in [0.15, 0.2) is 51.3 Å². The maximum atomic E-state index is 13.2. The van der Waals surface area contributed by atoms with Gasteiger partial charge in [-0.05, 0) is 41.2 Å². The number of nitrogens with zero attached hydrogens (tertiary/aromatic N) is 3. The molecule has 0 atom stereocenters. The Labute approximate surface area is 171 Å². The average Bonchev–Trinajstić information content (AvgIpc) is 2.99. The molecule has 9 heteroatoms. The number of nitrogens with one attached hydrogen (secondary N) is 1. The molecule has 1 aliphatic rings. The Bertz CT molecular complexity index is 1060. The lowest BCUT2D eigenvalue weighted by molar-refractivity contribution is 0.312. The first kappa shape index (κ1) is 18.7. The lowest BCUT2D eigenvalue weighted by Gasteiger charge is -2.33. The van der Waals surface area contributed by atoms with Gasteiger partial charge in [-0.25, -0.2) is 13.4 Å². The number of piperazine rings is 1. The van der Waals surface area contributed by atoms with Crippen molar-refractivity contribution >= 4 is 58.9 Å². The molecule has 1 aromatic carbocycles. The summed E-state index contributed by atoms with van der Waals surface area (Å²) < 4.78 is 30.6. The Morgan fingerprint density at radius 2 is 1.81 bits per heavy atom. The third kappa shape index (κ3) is 3.69. The van der Waals surface area contributed by atoms with Crippen molar-refractivity contribution in [1.82, 2.24) is 9.88 Å². The molecule has 4 rings (SSSR count). The Balaban J connectivity index is 1.82. The average molecular weight is 467 g/mol. The molecule has 27 heavy (non-hydrogen) atoms. The summed E-state index contributed by atoms with van der Waals surface area (Å²) in [7, 11) is -1.67. The molecule has 0 amide bonds. The van der Waals surface area contributed by atoms with Crippen molar-refractivity contribution in [2.24, 2.45) is 0 Å². The zero-order valence-electron chi connectivity index (χ0n) is 14.7. The van der Waals surface area contributed by atoms with E-state index >= 15 is 0 Å². The standard InChI is InChI=1S/C18H19BrN4O2S2/c1-22-9-11-23(12-10-22)18-15-14(7-8-20-18)26-17(19)16(15)27(24,25)21-13-5-3-2-4-6-13/h2-8,21H,9-12H2,1H3. The maximum absolute atomic E-state index is 13.2. The zero-order valence-corrected chi connectivity index (χ0v) is 17.9. The van der Waals surface area contributed by atoms with Gasteiger partial charge in [0.05, 0.1) is 9.17 Å². The Morgan fingerprint density at radius 1 is 1.11 bits per heavy atom. The number of pyridine rings is 1. The van der Waals surface area contributed by atoms with E-state index in [1.807, 2.05) is 12.1 Å². The van der Waals surface area contributed by atoms with Crippen molar-refractivity contribution in [3.8, 4) is 0 Å². The molecule has 1 fully saturated rings. The Hall–Kier alpha value is -1.68. The number of rotatable bonds is 4. The molecular weight excluding hydrogens is 448 g/mol. The van der Waals surface area contributed by atoms with E-state index in [1.165, 1.54) is 11.3 Å². The predicted molar refractivity (Wildman–Crippen MR) is 114 cm³/mol. The van der Waals surface area contributed by atoms with Crippen LogP contribution < -0.4 is 9.62 Å². The van der Waals surface area contributed by atoms with Crippen molar-refractivity contribution in [3.63, 3.8) is 0 Å². The fourth-order valence-electron chi connectivity index (χ4n) is 3.18. The van der Waals surface area contributed by atoms with Crippen molar-refractivity contribution in [2.75, 3.05) is 42.8 Å². The minimum Gasteiger partial charge on any atom is -0.353 e. The molecule has 3 aromatic rings. The molecule has 0 aliphatic carbocycles. The number of likely N-dealkylation sites (N-methyl/N-ethyl adjacent to an activating group) is 1. The van der Waals surface area contributed by atoms with E-state index in [0.717, 1.165) is 36.7 Å². The van der Waals surface area contributed by atoms with E-state index in [-0.39, 0.29) is 4.90 Å². The summed E-state index contributed by atoms with van der Waals surface area (Å²) in [4.78, 5) is 9.24. The number of halogens is 1. The minimum atomic E-state index is -3.76. The van der Waals surface area contributed by atoms with E-state index in [0.29, 0.717) is 14.9 Å². The van der Waals surface area contributed by atoms with Gasteiger partial charge in [-0.3, -0.25) is 4.72 Å². The van der Waals surface area contributed by atoms with Crippen LogP contribution in [0.3, 0.4) is 0 Å². The van der Waals surface area contributed by atoms with Gasteiger partial charge in [0.25, 0.3) is 10.0 Å². The Kier molecular flexibility index (Phi) is 5.11. The molecule has 0 bridgehead atoms. The highest BCUT2D eigenvalue weighted by Crippen LogP contribution is 2.43. The van der Waals surface area contributed by atoms with Crippen LogP contribution in [-0.2, 0) is 10.0 Å². The van der Waals surface area contributed by atoms with Crippen LogP contribution in [-0.4, -0.2) is 51.5 Å². The van der Waals surface area contributed by atoms with Gasteiger partial charge >= 0.3 is 0 Å². The normalized spacial score (nSPS) is 16.0. The second kappa shape index (κ2) is 7.38. The number of para-hydroxylation sites is 1. The summed E-state index contributed by atoms with van der Waals surface area (Å²) in [5.74, 6) is 0.732. The van der Waals surface area contributed by atoms with Crippen LogP contribution in [0.2, 0.25) is 0 Å². The molecule has 0 spiro atoms. The van der Waals surface area contributed by atoms with Gasteiger partial charge in [-0.15, -0.1) is 11.3 Å². The van der Waals surface area contributed by atoms with Gasteiger partial charge in [-0.1, -0.05) is 18.2 Å². The van der Waals surface area contributed by atoms with E-state index in [2.05, 4.69) is 42.5 Å². The van der Waals surface area contributed by atoms with E-state index < -0.39 is 10.0 Å². The van der Waals surface area contributed by atoms with E-state index in [4.69, 9.17) is 0 Å². The van der Waals surface area contributed by atoms with Gasteiger partial charge in [0, 0.05) is 42.8 Å². The van der Waals surface area contributed by atoms with Gasteiger partial charge in [0.1, 0.15) is 10.7 Å². The van der Waals surface area contributed by atoms with Gasteiger partial charge in [0.2, 0.25) is 0 Å². The van der Waals surface area contributed by atoms with Crippen LogP contribution in [0.25, 0.3) is 10.1 Å². The molecule has 3 heterocycles. The predicted octanol–water partition coefficient (Wildman–Crippen LogP) is 3.61. The van der Waals surface area contributed by atoms with Crippen LogP contribution in [0.1, 0.15) is 0 Å². The second-order valence-corrected chi connectivity index (χ2v) is 10.5. The highest BCUT2D eigenvalue weighted by atomic mass is 79.9. The number of hydrogen-bond acceptors (Lipinski definition) is 6. The first-order valence-electron chi connectivity index (χ1n) is 8.54. The highest BCUT2D eigenvalue weighted by molar-refractivity contribution is 9.11. The number of anilines is 2. The van der Waals surface area contributed by atoms with E-state index in [1.54, 1.807) is 30.5 Å². The molecular formula is C18H19BrN4O2S2. The second-order valence-electron chi connectivity index (χ2n) is 6.47. The van der Waals surface area contributed by atoms with Crippen molar-refractivity contribution < 1.29 is 8.42 Å². The summed E-state index contributed by atoms with van der Waals surface area (Å²) in [5, 5.41) is 0.683. The van der Waals surface area contributed by atoms with Gasteiger partial charge in [-0.2, -0.15) is 0 Å². The summed E-state index contributed by atoms with van der Waals surface area (Å²) in [5.41, 5.74) is 0.536. The number of benzene rings is 1. The largest absolute Gasteiger partial charge is 0.353 e. The van der Waals surface area contributed by atoms with Crippen LogP contribution >= 0.6 is 27.3 Å². The summed E-state index contributed by atoms with van der Waals surface area (Å²) in [6.07, 6.45) is 1.75. The SMILES string of the molecule is CN1CCN(c2nccc3sc(Br)c(S(=O)(=O)Nc4ccccc4)c23)CC1. The third-order valence-corrected chi connectivity index (χ3v) is 8.26. The molecule has 0 unspecified atom stereocenters. The molecule has 0 saturated carbocycles. The van der Waals surface area contributed by atoms with Crippen molar-refractivity contribution in [3.05, 3.63) is 46.4 Å². The molecule has 6 nitrogen and oxygen atoms in total. The zero-order chi connectivity index (χ0) is 19.0. The lowest BCUT2D eigenvalue weighted by Crippen LogP contribution is -2.44. The molecule has 1 N–H and O–H groups in total. The quantitative estimate of drug-likeness (QED) is 0.635. The van der Waals surface area contributed by atoms with Crippen LogP contribution in [0, 0.1) is 0 Å². The highest BCUT2D eigenvalue weighted by Gasteiger charge is 2.28. The third-order valence-electron chi connectivity index (χ3n) is 4.60. The van der Waals surface area contributed by atoms with Crippen molar-refractivity contribution in [2.45, 2.75) is 4.90 Å².